The van der Waals surface area contributed by atoms with Crippen LogP contribution in [0.25, 0.3) is 0 Å². The zero-order chi connectivity index (χ0) is 20.5. The monoisotopic (exact) mass is 440 g/mol. The lowest BCUT2D eigenvalue weighted by atomic mass is 10.0. The molecule has 0 aliphatic heterocycles. The second-order valence-corrected chi connectivity index (χ2v) is 9.71. The molecule has 0 bridgehead atoms. The van der Waals surface area contributed by atoms with Gasteiger partial charge in [0.05, 0.1) is 28.0 Å². The summed E-state index contributed by atoms with van der Waals surface area (Å²) in [6.07, 6.45) is 4.34. The zero-order valence-corrected chi connectivity index (χ0v) is 18.0. The molecule has 0 fully saturated rings. The normalized spacial score (nSPS) is 14.4. The molecule has 0 heterocycles. The van der Waals surface area contributed by atoms with Crippen LogP contribution in [0.5, 0.6) is 0 Å². The van der Waals surface area contributed by atoms with Crippen LogP contribution in [0.3, 0.4) is 0 Å². The molecule has 1 N–H and O–H groups in total. The predicted molar refractivity (Wildman–Crippen MR) is 114 cm³/mol. The third kappa shape index (κ3) is 4.62. The molecule has 2 aromatic rings. The third-order valence-electron chi connectivity index (χ3n) is 4.89. The molecular formula is C20H22Cl2N2O3S. The Morgan fingerprint density at radius 3 is 2.61 bits per heavy atom. The fraction of sp³-hybridized carbons (Fsp3) is 0.350. The summed E-state index contributed by atoms with van der Waals surface area (Å²) in [4.78, 5) is 12.6. The van der Waals surface area contributed by atoms with Gasteiger partial charge >= 0.3 is 0 Å². The molecule has 2 aromatic carbocycles. The number of nitrogens with zero attached hydrogens (tertiary/aromatic N) is 1. The minimum atomic E-state index is -3.73. The van der Waals surface area contributed by atoms with E-state index in [-0.39, 0.29) is 28.3 Å². The number of aryl methyl sites for hydroxylation is 2. The van der Waals surface area contributed by atoms with E-state index in [1.165, 1.54) is 17.2 Å². The van der Waals surface area contributed by atoms with Gasteiger partial charge in [-0.2, -0.15) is 0 Å². The molecule has 0 saturated carbocycles. The van der Waals surface area contributed by atoms with Crippen molar-refractivity contribution >= 4 is 44.8 Å². The average molecular weight is 441 g/mol. The highest BCUT2D eigenvalue weighted by Crippen LogP contribution is 2.33. The number of sulfonamides is 1. The molecule has 0 unspecified atom stereocenters. The van der Waals surface area contributed by atoms with Crippen LogP contribution in [0.4, 0.5) is 5.69 Å². The SMILES string of the molecule is C[C@@H](NC(=O)CN(c1cccc(Cl)c1Cl)S(C)(=O)=O)c1ccc2c(c1)CCC2. The first-order valence-corrected chi connectivity index (χ1v) is 11.6. The van der Waals surface area contributed by atoms with Gasteiger partial charge in [0.15, 0.2) is 0 Å². The van der Waals surface area contributed by atoms with Gasteiger partial charge in [0, 0.05) is 0 Å². The fourth-order valence-electron chi connectivity index (χ4n) is 3.43. The van der Waals surface area contributed by atoms with Crippen LogP contribution < -0.4 is 9.62 Å². The molecule has 1 aliphatic carbocycles. The van der Waals surface area contributed by atoms with Gasteiger partial charge in [0.1, 0.15) is 6.54 Å². The second kappa shape index (κ2) is 8.31. The summed E-state index contributed by atoms with van der Waals surface area (Å²) in [5.41, 5.74) is 3.86. The molecule has 3 rings (SSSR count). The molecule has 150 valence electrons. The van der Waals surface area contributed by atoms with Crippen LogP contribution in [0.1, 0.15) is 36.1 Å². The molecule has 0 spiro atoms. The van der Waals surface area contributed by atoms with Gasteiger partial charge in [-0.3, -0.25) is 9.10 Å². The van der Waals surface area contributed by atoms with Crippen molar-refractivity contribution in [1.29, 1.82) is 0 Å². The van der Waals surface area contributed by atoms with E-state index >= 15 is 0 Å². The highest BCUT2D eigenvalue weighted by atomic mass is 35.5. The van der Waals surface area contributed by atoms with E-state index in [1.54, 1.807) is 12.1 Å². The van der Waals surface area contributed by atoms with E-state index < -0.39 is 15.9 Å². The fourth-order valence-corrected chi connectivity index (χ4v) is 4.74. The van der Waals surface area contributed by atoms with Gasteiger partial charge in [-0.05, 0) is 55.0 Å². The van der Waals surface area contributed by atoms with Crippen molar-refractivity contribution in [1.82, 2.24) is 5.32 Å². The van der Waals surface area contributed by atoms with Gasteiger partial charge in [-0.25, -0.2) is 8.42 Å². The summed E-state index contributed by atoms with van der Waals surface area (Å²) in [5, 5.41) is 3.19. The summed E-state index contributed by atoms with van der Waals surface area (Å²) in [7, 11) is -3.73. The highest BCUT2D eigenvalue weighted by Gasteiger charge is 2.25. The summed E-state index contributed by atoms with van der Waals surface area (Å²) in [5.74, 6) is -0.422. The van der Waals surface area contributed by atoms with E-state index in [1.807, 2.05) is 13.0 Å². The number of carbonyl (C=O) groups is 1. The Kier molecular flexibility index (Phi) is 6.22. The lowest BCUT2D eigenvalue weighted by molar-refractivity contribution is -0.120. The number of anilines is 1. The molecule has 0 saturated heterocycles. The molecule has 5 nitrogen and oxygen atoms in total. The van der Waals surface area contributed by atoms with Crippen molar-refractivity contribution in [2.75, 3.05) is 17.1 Å². The zero-order valence-electron chi connectivity index (χ0n) is 15.7. The maximum Gasteiger partial charge on any atom is 0.241 e. The summed E-state index contributed by atoms with van der Waals surface area (Å²) in [6, 6.07) is 10.7. The molecular weight excluding hydrogens is 419 g/mol. The number of benzene rings is 2. The van der Waals surface area contributed by atoms with Gasteiger partial charge < -0.3 is 5.32 Å². The van der Waals surface area contributed by atoms with Crippen LogP contribution in [0.15, 0.2) is 36.4 Å². The Hall–Kier alpha value is -1.76. The average Bonchev–Trinajstić information content (AvgIpc) is 3.09. The van der Waals surface area contributed by atoms with E-state index in [0.717, 1.165) is 35.4 Å². The van der Waals surface area contributed by atoms with E-state index in [2.05, 4.69) is 17.4 Å². The van der Waals surface area contributed by atoms with Crippen LogP contribution in [-0.4, -0.2) is 27.1 Å². The number of fused-ring (bicyclic) bond motifs is 1. The summed E-state index contributed by atoms with van der Waals surface area (Å²) >= 11 is 12.2. The number of amides is 1. The molecule has 28 heavy (non-hydrogen) atoms. The number of rotatable bonds is 6. The smallest absolute Gasteiger partial charge is 0.241 e. The van der Waals surface area contributed by atoms with E-state index in [4.69, 9.17) is 23.2 Å². The van der Waals surface area contributed by atoms with Crippen molar-refractivity contribution in [3.8, 4) is 0 Å². The quantitative estimate of drug-likeness (QED) is 0.733. The number of carbonyl (C=O) groups excluding carboxylic acids is 1. The van der Waals surface area contributed by atoms with Crippen LogP contribution >= 0.6 is 23.2 Å². The minimum absolute atomic E-state index is 0.0917. The van der Waals surface area contributed by atoms with Gasteiger partial charge in [-0.1, -0.05) is 47.5 Å². The van der Waals surface area contributed by atoms with E-state index in [0.29, 0.717) is 0 Å². The lowest BCUT2D eigenvalue weighted by Crippen LogP contribution is -2.41. The van der Waals surface area contributed by atoms with Crippen molar-refractivity contribution in [3.05, 3.63) is 63.1 Å². The maximum atomic E-state index is 12.6. The molecule has 1 atom stereocenters. The molecule has 0 aromatic heterocycles. The van der Waals surface area contributed by atoms with Gasteiger partial charge in [0.25, 0.3) is 0 Å². The van der Waals surface area contributed by atoms with Crippen LogP contribution in [0, 0.1) is 0 Å². The largest absolute Gasteiger partial charge is 0.348 e. The molecule has 0 radical (unpaired) electrons. The third-order valence-corrected chi connectivity index (χ3v) is 6.82. The number of halogens is 2. The first kappa shape index (κ1) is 21.0. The van der Waals surface area contributed by atoms with Crippen molar-refractivity contribution in [3.63, 3.8) is 0 Å². The Labute approximate surface area is 175 Å². The van der Waals surface area contributed by atoms with Crippen molar-refractivity contribution < 1.29 is 13.2 Å². The second-order valence-electron chi connectivity index (χ2n) is 7.01. The van der Waals surface area contributed by atoms with Gasteiger partial charge in [0.2, 0.25) is 15.9 Å². The minimum Gasteiger partial charge on any atom is -0.348 e. The standard InChI is InChI=1S/C20H22Cl2N2O3S/c1-13(15-10-9-14-5-3-6-16(14)11-15)23-19(25)12-24(28(2,26)27)18-8-4-7-17(21)20(18)22/h4,7-11,13H,3,5-6,12H2,1-2H3,(H,23,25)/t13-/m1/s1. The molecule has 1 aliphatic rings. The van der Waals surface area contributed by atoms with Crippen LogP contribution in [-0.2, 0) is 27.7 Å². The predicted octanol–water partition coefficient (Wildman–Crippen LogP) is 4.13. The molecule has 8 heteroatoms. The Bertz CT molecular complexity index is 1010. The first-order valence-electron chi connectivity index (χ1n) is 8.99. The van der Waals surface area contributed by atoms with E-state index in [9.17, 15) is 13.2 Å². The summed E-state index contributed by atoms with van der Waals surface area (Å²) in [6.45, 7) is 1.50. The molecule has 1 amide bonds. The number of hydrogen-bond acceptors (Lipinski definition) is 3. The Morgan fingerprint density at radius 2 is 1.89 bits per heavy atom. The summed E-state index contributed by atoms with van der Waals surface area (Å²) < 4.78 is 25.5. The highest BCUT2D eigenvalue weighted by molar-refractivity contribution is 7.92. The van der Waals surface area contributed by atoms with Crippen LogP contribution in [0.2, 0.25) is 10.0 Å². The number of hydrogen-bond donors (Lipinski definition) is 1. The van der Waals surface area contributed by atoms with Crippen molar-refractivity contribution in [2.45, 2.75) is 32.2 Å². The Balaban J connectivity index is 1.76. The lowest BCUT2D eigenvalue weighted by Gasteiger charge is -2.24. The van der Waals surface area contributed by atoms with Crippen molar-refractivity contribution in [2.24, 2.45) is 0 Å². The van der Waals surface area contributed by atoms with Gasteiger partial charge in [-0.15, -0.1) is 0 Å². The maximum absolute atomic E-state index is 12.6. The topological polar surface area (TPSA) is 66.5 Å². The Morgan fingerprint density at radius 1 is 1.18 bits per heavy atom. The number of nitrogens with one attached hydrogen (secondary N) is 1. The first-order chi connectivity index (χ1) is 13.2.